The quantitative estimate of drug-likeness (QED) is 0.268. The number of rotatable bonds is 5. The summed E-state index contributed by atoms with van der Waals surface area (Å²) in [4.78, 5) is 0. The van der Waals surface area contributed by atoms with Crippen LogP contribution in [-0.2, 0) is 0 Å². The van der Waals surface area contributed by atoms with Crippen LogP contribution in [0.5, 0.6) is 0 Å². The number of hydrogen-bond donors (Lipinski definition) is 6. The number of hydrogen-bond acceptors (Lipinski definition) is 6. The highest BCUT2D eigenvalue weighted by Crippen LogP contribution is 2.05. The molecule has 4 unspecified atom stereocenters. The monoisotopic (exact) mass is 193 g/mol. The summed E-state index contributed by atoms with van der Waals surface area (Å²) in [5, 5.41) is 51.6. The molecule has 0 radical (unpaired) electrons. The fourth-order valence-electron chi connectivity index (χ4n) is 0.779. The van der Waals surface area contributed by atoms with E-state index in [1.807, 2.05) is 0 Å². The predicted octanol–water partition coefficient (Wildman–Crippen LogP) is -2.54. The highest BCUT2D eigenvalue weighted by Gasteiger charge is 2.30. The summed E-state index contributed by atoms with van der Waals surface area (Å²) in [6, 6.07) is 0. The molecular formula is C7H15NO5. The van der Waals surface area contributed by atoms with Crippen LogP contribution in [0.1, 0.15) is 6.92 Å². The van der Waals surface area contributed by atoms with Gasteiger partial charge < -0.3 is 30.9 Å². The van der Waals surface area contributed by atoms with Crippen LogP contribution in [0.25, 0.3) is 0 Å². The standard InChI is InChI=1S/C7H15NO5/c1-3(8)5(11)7(13)6(12)4(10)2-9/h4-13H,2H2,1H3. The Labute approximate surface area is 75.6 Å². The van der Waals surface area contributed by atoms with E-state index in [2.05, 4.69) is 0 Å². The van der Waals surface area contributed by atoms with Gasteiger partial charge in [-0.3, -0.25) is 0 Å². The SMILES string of the molecule is CC(=N)C(O)C(O)C(O)C(O)CO. The Morgan fingerprint density at radius 3 is 1.92 bits per heavy atom. The summed E-state index contributed by atoms with van der Waals surface area (Å²) in [5.41, 5.74) is -0.225. The molecule has 0 amide bonds. The molecule has 0 fully saturated rings. The van der Waals surface area contributed by atoms with Crippen LogP contribution in [0.15, 0.2) is 0 Å². The Hall–Kier alpha value is -0.530. The summed E-state index contributed by atoms with van der Waals surface area (Å²) in [6.45, 7) is 0.536. The Bertz CT molecular complexity index is 174. The molecule has 0 aromatic heterocycles. The van der Waals surface area contributed by atoms with Crippen molar-refractivity contribution in [2.75, 3.05) is 6.61 Å². The maximum atomic E-state index is 9.15. The molecule has 6 heteroatoms. The fraction of sp³-hybridized carbons (Fsp3) is 0.857. The van der Waals surface area contributed by atoms with Gasteiger partial charge in [-0.25, -0.2) is 0 Å². The van der Waals surface area contributed by atoms with E-state index in [4.69, 9.17) is 30.9 Å². The largest absolute Gasteiger partial charge is 0.394 e. The molecule has 0 bridgehead atoms. The molecule has 0 saturated carbocycles. The van der Waals surface area contributed by atoms with E-state index in [1.54, 1.807) is 0 Å². The summed E-state index contributed by atoms with van der Waals surface area (Å²) in [5.74, 6) is 0. The molecule has 0 spiro atoms. The molecule has 6 nitrogen and oxygen atoms in total. The normalized spacial score (nSPS) is 20.5. The zero-order chi connectivity index (χ0) is 10.6. The molecule has 0 aliphatic rings. The van der Waals surface area contributed by atoms with Gasteiger partial charge in [0, 0.05) is 5.71 Å². The van der Waals surface area contributed by atoms with Gasteiger partial charge in [-0.05, 0) is 6.92 Å². The highest BCUT2D eigenvalue weighted by atomic mass is 16.4. The average Bonchev–Trinajstić information content (AvgIpc) is 2.12. The minimum absolute atomic E-state index is 0.225. The van der Waals surface area contributed by atoms with E-state index in [0.29, 0.717) is 0 Å². The Balaban J connectivity index is 4.24. The van der Waals surface area contributed by atoms with Crippen molar-refractivity contribution in [2.45, 2.75) is 31.3 Å². The van der Waals surface area contributed by atoms with Crippen LogP contribution in [0, 0.1) is 5.41 Å². The molecule has 78 valence electrons. The molecule has 0 saturated heterocycles. The van der Waals surface area contributed by atoms with Crippen molar-refractivity contribution in [3.8, 4) is 0 Å². The molecule has 6 N–H and O–H groups in total. The summed E-state index contributed by atoms with van der Waals surface area (Å²) in [6.07, 6.45) is -6.39. The van der Waals surface area contributed by atoms with Crippen molar-refractivity contribution in [2.24, 2.45) is 0 Å². The van der Waals surface area contributed by atoms with E-state index in [1.165, 1.54) is 6.92 Å². The third-order valence-corrected chi connectivity index (χ3v) is 1.70. The first-order valence-corrected chi connectivity index (χ1v) is 3.80. The van der Waals surface area contributed by atoms with Crippen LogP contribution in [0.2, 0.25) is 0 Å². The second-order valence-corrected chi connectivity index (χ2v) is 2.86. The lowest BCUT2D eigenvalue weighted by Gasteiger charge is -2.24. The maximum Gasteiger partial charge on any atom is 0.119 e. The predicted molar refractivity (Wildman–Crippen MR) is 44.5 cm³/mol. The van der Waals surface area contributed by atoms with Crippen LogP contribution in [0.3, 0.4) is 0 Å². The van der Waals surface area contributed by atoms with Gasteiger partial charge in [-0.1, -0.05) is 0 Å². The first-order chi connectivity index (χ1) is 5.91. The number of aliphatic hydroxyl groups is 5. The molecular weight excluding hydrogens is 178 g/mol. The molecule has 0 rings (SSSR count). The lowest BCUT2D eigenvalue weighted by Crippen LogP contribution is -2.47. The average molecular weight is 193 g/mol. The van der Waals surface area contributed by atoms with E-state index < -0.39 is 31.0 Å². The van der Waals surface area contributed by atoms with E-state index in [0.717, 1.165) is 0 Å². The van der Waals surface area contributed by atoms with Gasteiger partial charge >= 0.3 is 0 Å². The maximum absolute atomic E-state index is 9.15. The van der Waals surface area contributed by atoms with Crippen LogP contribution in [0.4, 0.5) is 0 Å². The fourth-order valence-corrected chi connectivity index (χ4v) is 0.779. The lowest BCUT2D eigenvalue weighted by molar-refractivity contribution is -0.101. The molecule has 0 aliphatic heterocycles. The lowest BCUT2D eigenvalue weighted by atomic mass is 10.0. The summed E-state index contributed by atoms with van der Waals surface area (Å²) in [7, 11) is 0. The van der Waals surface area contributed by atoms with Gasteiger partial charge in [0.15, 0.2) is 0 Å². The molecule has 0 aromatic carbocycles. The van der Waals surface area contributed by atoms with Gasteiger partial charge in [-0.15, -0.1) is 0 Å². The van der Waals surface area contributed by atoms with Crippen molar-refractivity contribution in [3.63, 3.8) is 0 Å². The van der Waals surface area contributed by atoms with Crippen LogP contribution in [-0.4, -0.2) is 62.3 Å². The zero-order valence-electron chi connectivity index (χ0n) is 7.25. The topological polar surface area (TPSA) is 125 Å². The van der Waals surface area contributed by atoms with Gasteiger partial charge in [0.2, 0.25) is 0 Å². The molecule has 0 heterocycles. The third kappa shape index (κ3) is 3.37. The summed E-state index contributed by atoms with van der Waals surface area (Å²) >= 11 is 0. The second-order valence-electron chi connectivity index (χ2n) is 2.86. The first kappa shape index (κ1) is 12.5. The van der Waals surface area contributed by atoms with E-state index in [-0.39, 0.29) is 5.71 Å². The van der Waals surface area contributed by atoms with Crippen LogP contribution < -0.4 is 0 Å². The first-order valence-electron chi connectivity index (χ1n) is 3.80. The molecule has 0 aliphatic carbocycles. The Kier molecular flexibility index (Phi) is 5.04. The number of nitrogens with one attached hydrogen (secondary N) is 1. The molecule has 4 atom stereocenters. The third-order valence-electron chi connectivity index (χ3n) is 1.70. The van der Waals surface area contributed by atoms with Gasteiger partial charge in [0.05, 0.1) is 6.61 Å². The Morgan fingerprint density at radius 1 is 1.15 bits per heavy atom. The highest BCUT2D eigenvalue weighted by molar-refractivity contribution is 5.83. The van der Waals surface area contributed by atoms with Crippen molar-refractivity contribution < 1.29 is 25.5 Å². The van der Waals surface area contributed by atoms with Crippen molar-refractivity contribution in [1.29, 1.82) is 5.41 Å². The zero-order valence-corrected chi connectivity index (χ0v) is 7.25. The molecule has 13 heavy (non-hydrogen) atoms. The minimum atomic E-state index is -1.67. The minimum Gasteiger partial charge on any atom is -0.394 e. The van der Waals surface area contributed by atoms with E-state index in [9.17, 15) is 0 Å². The van der Waals surface area contributed by atoms with Gasteiger partial charge in [0.1, 0.15) is 24.4 Å². The van der Waals surface area contributed by atoms with Gasteiger partial charge in [-0.2, -0.15) is 0 Å². The smallest absolute Gasteiger partial charge is 0.119 e. The Morgan fingerprint density at radius 2 is 1.62 bits per heavy atom. The second kappa shape index (κ2) is 5.25. The van der Waals surface area contributed by atoms with E-state index >= 15 is 0 Å². The van der Waals surface area contributed by atoms with Gasteiger partial charge in [0.25, 0.3) is 0 Å². The summed E-state index contributed by atoms with van der Waals surface area (Å²) < 4.78 is 0. The van der Waals surface area contributed by atoms with Crippen LogP contribution >= 0.6 is 0 Å². The van der Waals surface area contributed by atoms with Crippen molar-refractivity contribution >= 4 is 5.71 Å². The van der Waals surface area contributed by atoms with Crippen molar-refractivity contribution in [3.05, 3.63) is 0 Å². The molecule has 0 aromatic rings. The number of aliphatic hydroxyl groups excluding tert-OH is 5. The van der Waals surface area contributed by atoms with Crippen molar-refractivity contribution in [1.82, 2.24) is 0 Å².